The van der Waals surface area contributed by atoms with Crippen LogP contribution in [0.1, 0.15) is 84.9 Å². The molecule has 1 fully saturated rings. The first kappa shape index (κ1) is 29.1. The molecule has 0 radical (unpaired) electrons. The van der Waals surface area contributed by atoms with Crippen molar-refractivity contribution in [3.8, 4) is 0 Å². The van der Waals surface area contributed by atoms with Gasteiger partial charge in [0.15, 0.2) is 0 Å². The van der Waals surface area contributed by atoms with Gasteiger partial charge >= 0.3 is 6.18 Å². The molecular weight excluding hydrogens is 529 g/mol. The van der Waals surface area contributed by atoms with Crippen LogP contribution in [0.15, 0.2) is 36.7 Å². The standard InChI is InChI=1S/C31H39F3N6O/c1-5-35-23-12-21(11-20(2)7-8-28-38-37-19-39(28)4)13-24(16-23)40-18-26-25(29(40)41)14-22(15-27(26)31(32,33)34)17-36-30(3)9-6-10-30/h12-16,19-20,35-36H,5-11,17-18H2,1-4H3/t20-/m0/s1. The van der Waals surface area contributed by atoms with Gasteiger partial charge in [-0.25, -0.2) is 0 Å². The molecule has 2 aliphatic rings. The predicted molar refractivity (Wildman–Crippen MR) is 154 cm³/mol. The first-order valence-corrected chi connectivity index (χ1v) is 14.5. The number of aromatic nitrogens is 3. The van der Waals surface area contributed by atoms with E-state index in [0.717, 1.165) is 55.6 Å². The Kier molecular flexibility index (Phi) is 8.14. The van der Waals surface area contributed by atoms with Crippen molar-refractivity contribution in [1.82, 2.24) is 20.1 Å². The molecule has 1 aromatic heterocycles. The molecule has 2 aromatic carbocycles. The molecule has 1 atom stereocenters. The Morgan fingerprint density at radius 2 is 1.90 bits per heavy atom. The SMILES string of the molecule is CCNc1cc(C[C@@H](C)CCc2nncn2C)cc(N2Cc3c(cc(CNC4(C)CCC4)cc3C(F)(F)F)C2=O)c1. The third-order valence-corrected chi connectivity index (χ3v) is 8.50. The van der Waals surface area contributed by atoms with Gasteiger partial charge < -0.3 is 20.1 Å². The molecule has 0 unspecified atom stereocenters. The minimum Gasteiger partial charge on any atom is -0.385 e. The predicted octanol–water partition coefficient (Wildman–Crippen LogP) is 6.27. The topological polar surface area (TPSA) is 75.1 Å². The number of alkyl halides is 3. The second-order valence-corrected chi connectivity index (χ2v) is 12.0. The number of hydrogen-bond donors (Lipinski definition) is 2. The lowest BCUT2D eigenvalue weighted by Gasteiger charge is -2.39. The van der Waals surface area contributed by atoms with Gasteiger partial charge in [-0.2, -0.15) is 13.2 Å². The van der Waals surface area contributed by atoms with E-state index in [0.29, 0.717) is 30.3 Å². The molecule has 220 valence electrons. The Morgan fingerprint density at radius 1 is 1.12 bits per heavy atom. The van der Waals surface area contributed by atoms with Crippen LogP contribution in [0.25, 0.3) is 0 Å². The van der Waals surface area contributed by atoms with E-state index in [9.17, 15) is 18.0 Å². The summed E-state index contributed by atoms with van der Waals surface area (Å²) in [5, 5.41) is 14.8. The number of hydrogen-bond acceptors (Lipinski definition) is 5. The quantitative estimate of drug-likeness (QED) is 0.285. The van der Waals surface area contributed by atoms with Gasteiger partial charge in [-0.15, -0.1) is 10.2 Å². The van der Waals surface area contributed by atoms with Gasteiger partial charge in [0, 0.05) is 49.0 Å². The Labute approximate surface area is 239 Å². The summed E-state index contributed by atoms with van der Waals surface area (Å²) in [6, 6.07) is 8.71. The number of benzene rings is 2. The molecule has 7 nitrogen and oxygen atoms in total. The maximum atomic E-state index is 14.2. The van der Waals surface area contributed by atoms with Crippen LogP contribution in [0.3, 0.4) is 0 Å². The van der Waals surface area contributed by atoms with Crippen LogP contribution in [0.2, 0.25) is 0 Å². The first-order chi connectivity index (χ1) is 19.5. The maximum Gasteiger partial charge on any atom is 0.416 e. The summed E-state index contributed by atoms with van der Waals surface area (Å²) in [7, 11) is 1.93. The number of rotatable bonds is 11. The van der Waals surface area contributed by atoms with Gasteiger partial charge in [0.25, 0.3) is 5.91 Å². The van der Waals surface area contributed by atoms with E-state index in [1.54, 1.807) is 12.4 Å². The van der Waals surface area contributed by atoms with E-state index in [-0.39, 0.29) is 23.2 Å². The summed E-state index contributed by atoms with van der Waals surface area (Å²) in [4.78, 5) is 15.2. The molecule has 3 aromatic rings. The van der Waals surface area contributed by atoms with Crippen LogP contribution in [-0.4, -0.2) is 32.8 Å². The summed E-state index contributed by atoms with van der Waals surface area (Å²) < 4.78 is 44.6. The fourth-order valence-electron chi connectivity index (χ4n) is 5.90. The summed E-state index contributed by atoms with van der Waals surface area (Å²) >= 11 is 0. The molecule has 2 heterocycles. The smallest absolute Gasteiger partial charge is 0.385 e. The third-order valence-electron chi connectivity index (χ3n) is 8.50. The molecule has 1 saturated carbocycles. The molecular formula is C31H39F3N6O. The second kappa shape index (κ2) is 11.5. The van der Waals surface area contributed by atoms with Crippen molar-refractivity contribution in [2.24, 2.45) is 13.0 Å². The van der Waals surface area contributed by atoms with Crippen molar-refractivity contribution < 1.29 is 18.0 Å². The van der Waals surface area contributed by atoms with E-state index in [2.05, 4.69) is 40.7 Å². The summed E-state index contributed by atoms with van der Waals surface area (Å²) in [6.45, 7) is 7.13. The zero-order chi connectivity index (χ0) is 29.4. The first-order valence-electron chi connectivity index (χ1n) is 14.5. The average molecular weight is 569 g/mol. The Balaban J connectivity index is 1.39. The number of fused-ring (bicyclic) bond motifs is 1. The van der Waals surface area contributed by atoms with Gasteiger partial charge in [0.05, 0.1) is 12.1 Å². The van der Waals surface area contributed by atoms with Gasteiger partial charge in [-0.05, 0) is 98.9 Å². The van der Waals surface area contributed by atoms with Crippen LogP contribution < -0.4 is 15.5 Å². The lowest BCUT2D eigenvalue weighted by molar-refractivity contribution is -0.138. The van der Waals surface area contributed by atoms with Crippen molar-refractivity contribution in [1.29, 1.82) is 0 Å². The highest BCUT2D eigenvalue weighted by atomic mass is 19.4. The molecule has 1 amide bonds. The van der Waals surface area contributed by atoms with Crippen molar-refractivity contribution in [2.45, 2.75) is 84.1 Å². The molecule has 0 spiro atoms. The second-order valence-electron chi connectivity index (χ2n) is 12.0. The monoisotopic (exact) mass is 568 g/mol. The molecule has 5 rings (SSSR count). The van der Waals surface area contributed by atoms with Crippen LogP contribution in [-0.2, 0) is 39.2 Å². The zero-order valence-electron chi connectivity index (χ0n) is 24.2. The summed E-state index contributed by atoms with van der Waals surface area (Å²) in [6.07, 6.45) is 2.73. The highest BCUT2D eigenvalue weighted by Crippen LogP contribution is 2.40. The van der Waals surface area contributed by atoms with Crippen LogP contribution >= 0.6 is 0 Å². The minimum absolute atomic E-state index is 0.0496. The van der Waals surface area contributed by atoms with Crippen molar-refractivity contribution in [3.05, 3.63) is 70.3 Å². The molecule has 1 aliphatic heterocycles. The zero-order valence-corrected chi connectivity index (χ0v) is 24.2. The molecule has 41 heavy (non-hydrogen) atoms. The largest absolute Gasteiger partial charge is 0.416 e. The number of carbonyl (C=O) groups is 1. The van der Waals surface area contributed by atoms with Gasteiger partial charge in [-0.1, -0.05) is 6.92 Å². The fraction of sp³-hybridized carbons (Fsp3) is 0.516. The Morgan fingerprint density at radius 3 is 2.54 bits per heavy atom. The third kappa shape index (κ3) is 6.42. The van der Waals surface area contributed by atoms with Crippen LogP contribution in [0.5, 0.6) is 0 Å². The number of aryl methyl sites for hydroxylation is 2. The molecule has 0 saturated heterocycles. The van der Waals surface area contributed by atoms with Gasteiger partial charge in [0.2, 0.25) is 0 Å². The molecule has 10 heteroatoms. The fourth-order valence-corrected chi connectivity index (χ4v) is 5.90. The number of amides is 1. The van der Waals surface area contributed by atoms with Crippen molar-refractivity contribution in [2.75, 3.05) is 16.8 Å². The lowest BCUT2D eigenvalue weighted by Crippen LogP contribution is -2.47. The number of halogens is 3. The summed E-state index contributed by atoms with van der Waals surface area (Å²) in [5.41, 5.74) is 2.38. The number of anilines is 2. The van der Waals surface area contributed by atoms with E-state index >= 15 is 0 Å². The van der Waals surface area contributed by atoms with Gasteiger partial charge in [0.1, 0.15) is 12.2 Å². The van der Waals surface area contributed by atoms with Gasteiger partial charge in [-0.3, -0.25) is 4.79 Å². The highest BCUT2D eigenvalue weighted by molar-refractivity contribution is 6.10. The van der Waals surface area contributed by atoms with Crippen molar-refractivity contribution in [3.63, 3.8) is 0 Å². The average Bonchev–Trinajstić information content (AvgIpc) is 3.46. The van der Waals surface area contributed by atoms with E-state index in [4.69, 9.17) is 0 Å². The van der Waals surface area contributed by atoms with Crippen LogP contribution in [0.4, 0.5) is 24.5 Å². The molecule has 1 aliphatic carbocycles. The maximum absolute atomic E-state index is 14.2. The minimum atomic E-state index is -4.55. The molecule has 2 N–H and O–H groups in total. The lowest BCUT2D eigenvalue weighted by atomic mass is 9.78. The van der Waals surface area contributed by atoms with Crippen LogP contribution in [0, 0.1) is 5.92 Å². The molecule has 0 bridgehead atoms. The number of carbonyl (C=O) groups excluding carboxylic acids is 1. The highest BCUT2D eigenvalue weighted by Gasteiger charge is 2.41. The Bertz CT molecular complexity index is 1410. The Hall–Kier alpha value is -3.40. The number of nitrogens with zero attached hydrogens (tertiary/aromatic N) is 4. The van der Waals surface area contributed by atoms with E-state index in [1.165, 1.54) is 11.0 Å². The van der Waals surface area contributed by atoms with E-state index in [1.807, 2.05) is 30.7 Å². The van der Waals surface area contributed by atoms with Crippen molar-refractivity contribution >= 4 is 17.3 Å². The summed E-state index contributed by atoms with van der Waals surface area (Å²) in [5.74, 6) is 0.862. The van der Waals surface area contributed by atoms with E-state index < -0.39 is 17.6 Å². The number of nitrogens with one attached hydrogen (secondary N) is 2. The normalized spacial score (nSPS) is 17.0.